The summed E-state index contributed by atoms with van der Waals surface area (Å²) < 4.78 is 1.66. The standard InChI is InChI=1S/C10H13N7O2/c1-11-9-8(17(18)19)10(14-6-13-9)12-5-7-3-4-16(2)15-7/h3-4,6H,5H2,1-2H3,(H2,11,12,13,14). The Morgan fingerprint density at radius 3 is 2.74 bits per heavy atom. The lowest BCUT2D eigenvalue weighted by atomic mass is 10.4. The third kappa shape index (κ3) is 2.76. The van der Waals surface area contributed by atoms with Gasteiger partial charge in [-0.1, -0.05) is 0 Å². The Bertz CT molecular complexity index is 595. The zero-order chi connectivity index (χ0) is 13.8. The molecule has 2 heterocycles. The first-order valence-electron chi connectivity index (χ1n) is 5.51. The second-order valence-corrected chi connectivity index (χ2v) is 3.76. The largest absolute Gasteiger partial charge is 0.367 e. The summed E-state index contributed by atoms with van der Waals surface area (Å²) in [6.45, 7) is 0.349. The Hall–Kier alpha value is -2.71. The number of hydrogen-bond acceptors (Lipinski definition) is 7. The lowest BCUT2D eigenvalue weighted by Crippen LogP contribution is -2.08. The minimum Gasteiger partial charge on any atom is -0.367 e. The zero-order valence-corrected chi connectivity index (χ0v) is 10.5. The Balaban J connectivity index is 2.22. The van der Waals surface area contributed by atoms with Gasteiger partial charge in [0.25, 0.3) is 0 Å². The monoisotopic (exact) mass is 263 g/mol. The van der Waals surface area contributed by atoms with Crippen molar-refractivity contribution in [2.24, 2.45) is 7.05 Å². The van der Waals surface area contributed by atoms with Crippen molar-refractivity contribution < 1.29 is 4.92 Å². The normalized spacial score (nSPS) is 10.2. The van der Waals surface area contributed by atoms with Gasteiger partial charge in [-0.05, 0) is 6.07 Å². The van der Waals surface area contributed by atoms with Gasteiger partial charge < -0.3 is 10.6 Å². The van der Waals surface area contributed by atoms with Crippen LogP contribution in [0.25, 0.3) is 0 Å². The number of aryl methyl sites for hydroxylation is 1. The molecule has 2 N–H and O–H groups in total. The molecule has 0 unspecified atom stereocenters. The molecule has 2 aromatic rings. The van der Waals surface area contributed by atoms with Gasteiger partial charge in [-0.2, -0.15) is 5.10 Å². The van der Waals surface area contributed by atoms with E-state index in [1.165, 1.54) is 6.33 Å². The molecule has 2 aromatic heterocycles. The smallest absolute Gasteiger partial charge is 0.353 e. The van der Waals surface area contributed by atoms with E-state index in [1.807, 2.05) is 6.07 Å². The average Bonchev–Trinajstić information content (AvgIpc) is 2.81. The van der Waals surface area contributed by atoms with Crippen LogP contribution >= 0.6 is 0 Å². The van der Waals surface area contributed by atoms with Crippen molar-refractivity contribution in [3.05, 3.63) is 34.4 Å². The Kier molecular flexibility index (Phi) is 3.55. The quantitative estimate of drug-likeness (QED) is 0.605. The van der Waals surface area contributed by atoms with E-state index in [0.29, 0.717) is 6.54 Å². The molecule has 0 atom stereocenters. The molecule has 9 heteroatoms. The van der Waals surface area contributed by atoms with Gasteiger partial charge in [-0.25, -0.2) is 9.97 Å². The van der Waals surface area contributed by atoms with Crippen LogP contribution in [0.15, 0.2) is 18.6 Å². The van der Waals surface area contributed by atoms with Gasteiger partial charge in [0, 0.05) is 20.3 Å². The molecule has 0 aliphatic rings. The van der Waals surface area contributed by atoms with Crippen LogP contribution in [0.2, 0.25) is 0 Å². The van der Waals surface area contributed by atoms with Gasteiger partial charge in [0.2, 0.25) is 11.6 Å². The predicted molar refractivity (Wildman–Crippen MR) is 68.8 cm³/mol. The maximum atomic E-state index is 11.0. The van der Waals surface area contributed by atoms with E-state index in [0.717, 1.165) is 5.69 Å². The number of anilines is 2. The number of rotatable bonds is 5. The number of hydrogen-bond donors (Lipinski definition) is 2. The van der Waals surface area contributed by atoms with Gasteiger partial charge in [0.15, 0.2) is 0 Å². The van der Waals surface area contributed by atoms with Crippen molar-refractivity contribution in [1.29, 1.82) is 0 Å². The molecule has 0 saturated heterocycles. The van der Waals surface area contributed by atoms with E-state index in [4.69, 9.17) is 0 Å². The average molecular weight is 263 g/mol. The van der Waals surface area contributed by atoms with E-state index in [-0.39, 0.29) is 17.3 Å². The van der Waals surface area contributed by atoms with E-state index in [1.54, 1.807) is 25.0 Å². The molecule has 0 aliphatic carbocycles. The van der Waals surface area contributed by atoms with Crippen LogP contribution in [-0.2, 0) is 13.6 Å². The highest BCUT2D eigenvalue weighted by atomic mass is 16.6. The van der Waals surface area contributed by atoms with Crippen LogP contribution in [0.5, 0.6) is 0 Å². The summed E-state index contributed by atoms with van der Waals surface area (Å²) in [5.74, 6) is 0.332. The first-order chi connectivity index (χ1) is 9.11. The lowest BCUT2D eigenvalue weighted by Gasteiger charge is -2.06. The molecule has 0 spiro atoms. The number of nitro groups is 1. The Labute approximate surface area is 108 Å². The minimum absolute atomic E-state index is 0.162. The topological polar surface area (TPSA) is 111 Å². The summed E-state index contributed by atoms with van der Waals surface area (Å²) in [5.41, 5.74) is 0.586. The first-order valence-corrected chi connectivity index (χ1v) is 5.51. The Morgan fingerprint density at radius 2 is 2.16 bits per heavy atom. The van der Waals surface area contributed by atoms with Gasteiger partial charge in [-0.15, -0.1) is 0 Å². The second-order valence-electron chi connectivity index (χ2n) is 3.76. The summed E-state index contributed by atoms with van der Waals surface area (Å²) in [6, 6.07) is 1.82. The zero-order valence-electron chi connectivity index (χ0n) is 10.5. The van der Waals surface area contributed by atoms with E-state index in [9.17, 15) is 10.1 Å². The molecule has 0 radical (unpaired) electrons. The molecule has 0 aromatic carbocycles. The van der Waals surface area contributed by atoms with Crippen LogP contribution in [-0.4, -0.2) is 31.7 Å². The minimum atomic E-state index is -0.521. The van der Waals surface area contributed by atoms with Crippen LogP contribution in [0.1, 0.15) is 5.69 Å². The van der Waals surface area contributed by atoms with Crippen LogP contribution in [0.4, 0.5) is 17.3 Å². The molecule has 0 saturated carbocycles. The fraction of sp³-hybridized carbons (Fsp3) is 0.300. The van der Waals surface area contributed by atoms with Gasteiger partial charge in [-0.3, -0.25) is 14.8 Å². The summed E-state index contributed by atoms with van der Waals surface area (Å²) in [4.78, 5) is 18.2. The summed E-state index contributed by atoms with van der Waals surface area (Å²) in [6.07, 6.45) is 3.06. The van der Waals surface area contributed by atoms with Gasteiger partial charge in [0.05, 0.1) is 17.2 Å². The maximum absolute atomic E-state index is 11.0. The van der Waals surface area contributed by atoms with Crippen molar-refractivity contribution in [2.45, 2.75) is 6.54 Å². The van der Waals surface area contributed by atoms with Crippen molar-refractivity contribution in [1.82, 2.24) is 19.7 Å². The van der Waals surface area contributed by atoms with Crippen LogP contribution in [0.3, 0.4) is 0 Å². The van der Waals surface area contributed by atoms with Gasteiger partial charge >= 0.3 is 5.69 Å². The second kappa shape index (κ2) is 5.29. The number of nitrogens with one attached hydrogen (secondary N) is 2. The SMILES string of the molecule is CNc1ncnc(NCc2ccn(C)n2)c1[N+](=O)[O-]. The molecular weight excluding hydrogens is 250 g/mol. The Morgan fingerprint density at radius 1 is 1.42 bits per heavy atom. The molecule has 0 amide bonds. The molecule has 0 bridgehead atoms. The third-order valence-corrected chi connectivity index (χ3v) is 2.45. The molecule has 0 aliphatic heterocycles. The highest BCUT2D eigenvalue weighted by Gasteiger charge is 2.21. The van der Waals surface area contributed by atoms with Crippen molar-refractivity contribution in [3.63, 3.8) is 0 Å². The summed E-state index contributed by atoms with van der Waals surface area (Å²) in [5, 5.41) is 20.8. The molecule has 2 rings (SSSR count). The first kappa shape index (κ1) is 12.7. The summed E-state index contributed by atoms with van der Waals surface area (Å²) >= 11 is 0. The van der Waals surface area contributed by atoms with Crippen molar-refractivity contribution >= 4 is 17.3 Å². The van der Waals surface area contributed by atoms with Crippen LogP contribution in [0, 0.1) is 10.1 Å². The van der Waals surface area contributed by atoms with E-state index >= 15 is 0 Å². The molecule has 0 fully saturated rings. The van der Waals surface area contributed by atoms with Gasteiger partial charge in [0.1, 0.15) is 6.33 Å². The number of nitrogens with zero attached hydrogens (tertiary/aromatic N) is 5. The maximum Gasteiger partial charge on any atom is 0.353 e. The molecule has 19 heavy (non-hydrogen) atoms. The highest BCUT2D eigenvalue weighted by molar-refractivity contribution is 5.68. The van der Waals surface area contributed by atoms with Crippen molar-refractivity contribution in [2.75, 3.05) is 17.7 Å². The lowest BCUT2D eigenvalue weighted by molar-refractivity contribution is -0.383. The fourth-order valence-corrected chi connectivity index (χ4v) is 1.60. The van der Waals surface area contributed by atoms with E-state index in [2.05, 4.69) is 25.7 Å². The third-order valence-electron chi connectivity index (χ3n) is 2.45. The van der Waals surface area contributed by atoms with Crippen LogP contribution < -0.4 is 10.6 Å². The predicted octanol–water partition coefficient (Wildman–Crippen LogP) is 0.772. The fourth-order valence-electron chi connectivity index (χ4n) is 1.60. The number of aromatic nitrogens is 4. The highest BCUT2D eigenvalue weighted by Crippen LogP contribution is 2.28. The summed E-state index contributed by atoms with van der Waals surface area (Å²) in [7, 11) is 3.37. The molecule has 9 nitrogen and oxygen atoms in total. The molecular formula is C10H13N7O2. The van der Waals surface area contributed by atoms with E-state index < -0.39 is 4.92 Å². The van der Waals surface area contributed by atoms with Crippen molar-refractivity contribution in [3.8, 4) is 0 Å². The molecule has 100 valence electrons.